The normalized spacial score (nSPS) is 11.0. The maximum atomic E-state index is 12.2. The highest BCUT2D eigenvalue weighted by Crippen LogP contribution is 2.31. The Kier molecular flexibility index (Phi) is 4.79. The lowest BCUT2D eigenvalue weighted by Crippen LogP contribution is -2.16. The van der Waals surface area contributed by atoms with Crippen LogP contribution in [0.2, 0.25) is 0 Å². The van der Waals surface area contributed by atoms with E-state index in [1.165, 1.54) is 30.6 Å². The number of rotatable bonds is 4. The average Bonchev–Trinajstić information content (AvgIpc) is 3.11. The van der Waals surface area contributed by atoms with E-state index in [9.17, 15) is 23.2 Å². The predicted octanol–water partition coefficient (Wildman–Crippen LogP) is 4.34. The lowest BCUT2D eigenvalue weighted by Gasteiger charge is -2.10. The third-order valence-corrected chi connectivity index (χ3v) is 4.37. The minimum atomic E-state index is -4.79. The maximum absolute atomic E-state index is 12.2. The second-order valence-corrected chi connectivity index (χ2v) is 6.16. The van der Waals surface area contributed by atoms with Gasteiger partial charge < -0.3 is 9.84 Å². The Hall–Kier alpha value is -3.45. The molecule has 3 aromatic rings. The smallest absolute Gasteiger partial charge is 0.477 e. The van der Waals surface area contributed by atoms with E-state index in [1.54, 1.807) is 0 Å². The van der Waals surface area contributed by atoms with Crippen LogP contribution < -0.4 is 4.74 Å². The molecule has 1 aromatic carbocycles. The van der Waals surface area contributed by atoms with Crippen molar-refractivity contribution in [2.45, 2.75) is 6.36 Å². The van der Waals surface area contributed by atoms with Gasteiger partial charge in [0.05, 0.1) is 17.8 Å². The number of aromatic carboxylic acids is 1. The summed E-state index contributed by atoms with van der Waals surface area (Å²) in [6.07, 6.45) is -2.20. The van der Waals surface area contributed by atoms with Crippen LogP contribution in [0.3, 0.4) is 0 Å². The molecule has 136 valence electrons. The molecule has 27 heavy (non-hydrogen) atoms. The van der Waals surface area contributed by atoms with Crippen LogP contribution in [0.4, 0.5) is 13.2 Å². The van der Waals surface area contributed by atoms with E-state index >= 15 is 0 Å². The topological polar surface area (TPSA) is 96.1 Å². The molecule has 0 radical (unpaired) electrons. The van der Waals surface area contributed by atoms with Gasteiger partial charge in [-0.05, 0) is 23.8 Å². The fourth-order valence-electron chi connectivity index (χ4n) is 2.22. The Bertz CT molecular complexity index is 1040. The van der Waals surface area contributed by atoms with Crippen molar-refractivity contribution >= 4 is 17.3 Å². The maximum Gasteiger partial charge on any atom is 0.573 e. The largest absolute Gasteiger partial charge is 0.573 e. The first-order valence-electron chi connectivity index (χ1n) is 7.22. The highest BCUT2D eigenvalue weighted by atomic mass is 32.1. The van der Waals surface area contributed by atoms with Gasteiger partial charge in [0, 0.05) is 11.8 Å². The van der Waals surface area contributed by atoms with Crippen molar-refractivity contribution in [1.82, 2.24) is 9.97 Å². The van der Waals surface area contributed by atoms with Crippen LogP contribution in [0.5, 0.6) is 5.75 Å². The molecule has 10 heteroatoms. The molecule has 0 fully saturated rings. The summed E-state index contributed by atoms with van der Waals surface area (Å²) in [5.74, 6) is -1.49. The molecule has 6 nitrogen and oxygen atoms in total. The number of benzene rings is 1. The molecule has 0 aliphatic carbocycles. The van der Waals surface area contributed by atoms with Crippen LogP contribution in [0, 0.1) is 11.3 Å². The van der Waals surface area contributed by atoms with E-state index in [0.717, 1.165) is 23.5 Å². The fourth-order valence-corrected chi connectivity index (χ4v) is 2.95. The number of carboxylic acid groups (broad SMARTS) is 1. The number of aromatic nitrogens is 2. The lowest BCUT2D eigenvalue weighted by molar-refractivity contribution is -0.274. The third-order valence-electron chi connectivity index (χ3n) is 3.36. The number of thiazole rings is 1. The number of hydrogen-bond donors (Lipinski definition) is 1. The Balaban J connectivity index is 1.92. The molecular weight excluding hydrogens is 383 g/mol. The van der Waals surface area contributed by atoms with Gasteiger partial charge in [0.2, 0.25) is 0 Å². The minimum Gasteiger partial charge on any atom is -0.477 e. The van der Waals surface area contributed by atoms with Gasteiger partial charge in [-0.2, -0.15) is 5.26 Å². The molecule has 0 aliphatic rings. The summed E-state index contributed by atoms with van der Waals surface area (Å²) in [6, 6.07) is 8.47. The molecule has 0 aliphatic heterocycles. The molecule has 1 N–H and O–H groups in total. The third kappa shape index (κ3) is 4.21. The van der Waals surface area contributed by atoms with Gasteiger partial charge in [-0.15, -0.1) is 24.5 Å². The van der Waals surface area contributed by atoms with E-state index in [4.69, 9.17) is 5.11 Å². The van der Waals surface area contributed by atoms with Crippen molar-refractivity contribution in [3.63, 3.8) is 0 Å². The van der Waals surface area contributed by atoms with Crippen molar-refractivity contribution in [1.29, 1.82) is 5.26 Å². The monoisotopic (exact) mass is 391 g/mol. The van der Waals surface area contributed by atoms with Gasteiger partial charge in [-0.3, -0.25) is 4.98 Å². The van der Waals surface area contributed by atoms with Gasteiger partial charge in [0.1, 0.15) is 21.3 Å². The SMILES string of the molecule is N#Cc1cc(-c2ncc(C(=O)O)s2)ncc1-c1ccc(OC(F)(F)F)cc1. The predicted molar refractivity (Wildman–Crippen MR) is 89.1 cm³/mol. The van der Waals surface area contributed by atoms with E-state index in [2.05, 4.69) is 14.7 Å². The lowest BCUT2D eigenvalue weighted by atomic mass is 10.0. The zero-order valence-corrected chi connectivity index (χ0v) is 14.0. The summed E-state index contributed by atoms with van der Waals surface area (Å²) in [4.78, 5) is 19.1. The zero-order chi connectivity index (χ0) is 19.6. The number of pyridine rings is 1. The highest BCUT2D eigenvalue weighted by Gasteiger charge is 2.31. The molecule has 0 spiro atoms. The van der Waals surface area contributed by atoms with Gasteiger partial charge in [-0.1, -0.05) is 12.1 Å². The first-order chi connectivity index (χ1) is 12.8. The summed E-state index contributed by atoms with van der Waals surface area (Å²) < 4.78 is 40.5. The van der Waals surface area contributed by atoms with Crippen LogP contribution in [0.15, 0.2) is 42.7 Å². The Morgan fingerprint density at radius 1 is 1.19 bits per heavy atom. The number of nitriles is 1. The number of ether oxygens (including phenoxy) is 1. The van der Waals surface area contributed by atoms with Crippen molar-refractivity contribution in [2.75, 3.05) is 0 Å². The molecule has 0 unspecified atom stereocenters. The van der Waals surface area contributed by atoms with Crippen molar-refractivity contribution in [3.05, 3.63) is 53.2 Å². The number of hydrogen-bond acceptors (Lipinski definition) is 6. The number of carbonyl (C=O) groups is 1. The summed E-state index contributed by atoms with van der Waals surface area (Å²) in [5, 5.41) is 18.7. The first-order valence-corrected chi connectivity index (χ1v) is 8.04. The molecule has 0 bridgehead atoms. The van der Waals surface area contributed by atoms with Gasteiger partial charge >= 0.3 is 12.3 Å². The molecule has 2 aromatic heterocycles. The van der Waals surface area contributed by atoms with E-state index in [1.807, 2.05) is 6.07 Å². The molecule has 3 rings (SSSR count). The summed E-state index contributed by atoms with van der Waals surface area (Å²) >= 11 is 0.917. The quantitative estimate of drug-likeness (QED) is 0.711. The van der Waals surface area contributed by atoms with Crippen LogP contribution in [0.25, 0.3) is 21.8 Å². The van der Waals surface area contributed by atoms with Crippen LogP contribution >= 0.6 is 11.3 Å². The zero-order valence-electron chi connectivity index (χ0n) is 13.2. The number of nitrogens with zero attached hydrogens (tertiary/aromatic N) is 3. The molecule has 0 saturated carbocycles. The Morgan fingerprint density at radius 3 is 2.44 bits per heavy atom. The standard InChI is InChI=1S/C17H8F3N3O3S/c18-17(19,20)26-11-3-1-9(2-4-11)12-7-22-13(5-10(12)6-21)15-23-8-14(27-15)16(24)25/h1-5,7-8H,(H,24,25). The van der Waals surface area contributed by atoms with Crippen LogP contribution in [-0.2, 0) is 0 Å². The average molecular weight is 391 g/mol. The van der Waals surface area contributed by atoms with E-state index < -0.39 is 12.3 Å². The number of halogens is 3. The molecular formula is C17H8F3N3O3S. The number of alkyl halides is 3. The first kappa shape index (κ1) is 18.3. The van der Waals surface area contributed by atoms with E-state index in [0.29, 0.717) is 21.8 Å². The molecule has 0 atom stereocenters. The van der Waals surface area contributed by atoms with Gasteiger partial charge in [0.15, 0.2) is 0 Å². The van der Waals surface area contributed by atoms with E-state index in [-0.39, 0.29) is 16.2 Å². The molecule has 0 saturated heterocycles. The van der Waals surface area contributed by atoms with Crippen molar-refractivity contribution in [2.24, 2.45) is 0 Å². The summed E-state index contributed by atoms with van der Waals surface area (Å²) in [6.45, 7) is 0. The van der Waals surface area contributed by atoms with Crippen molar-refractivity contribution < 1.29 is 27.8 Å². The van der Waals surface area contributed by atoms with Gasteiger partial charge in [-0.25, -0.2) is 9.78 Å². The second-order valence-electron chi connectivity index (χ2n) is 5.13. The fraction of sp³-hybridized carbons (Fsp3) is 0.0588. The molecule has 2 heterocycles. The molecule has 0 amide bonds. The number of carboxylic acids is 1. The van der Waals surface area contributed by atoms with Crippen LogP contribution in [-0.4, -0.2) is 27.4 Å². The summed E-state index contributed by atoms with van der Waals surface area (Å²) in [5.41, 5.74) is 1.43. The summed E-state index contributed by atoms with van der Waals surface area (Å²) in [7, 11) is 0. The Morgan fingerprint density at radius 2 is 1.89 bits per heavy atom. The van der Waals surface area contributed by atoms with Crippen LogP contribution in [0.1, 0.15) is 15.2 Å². The van der Waals surface area contributed by atoms with Crippen molar-refractivity contribution in [3.8, 4) is 33.6 Å². The Labute approximate surface area is 154 Å². The highest BCUT2D eigenvalue weighted by molar-refractivity contribution is 7.16. The minimum absolute atomic E-state index is 0.0367. The van der Waals surface area contributed by atoms with Gasteiger partial charge in [0.25, 0.3) is 0 Å². The second kappa shape index (κ2) is 7.05.